The average molecular weight is 1340 g/mol. The van der Waals surface area contributed by atoms with Crippen molar-refractivity contribution in [3.8, 4) is 296 Å². The Hall–Kier alpha value is -13.3. The molecule has 8 rings (SSSR count). The van der Waals surface area contributed by atoms with E-state index >= 15 is 0 Å². The van der Waals surface area contributed by atoms with Gasteiger partial charge >= 0.3 is 23.1 Å². The minimum absolute atomic E-state index is 0. The first-order valence-electron chi connectivity index (χ1n) is 24.4. The molecule has 0 aliphatic heterocycles. The maximum absolute atomic E-state index is 11.9. The van der Waals surface area contributed by atoms with Gasteiger partial charge in [0.15, 0.2) is 5.78 Å². The van der Waals surface area contributed by atoms with Crippen molar-refractivity contribution in [3.63, 3.8) is 0 Å². The first-order chi connectivity index (χ1) is 43.1. The van der Waals surface area contributed by atoms with Crippen LogP contribution in [-0.4, -0.2) is 44.2 Å². The Balaban J connectivity index is -0.0000000189. The Labute approximate surface area is 626 Å². The second-order valence-corrected chi connectivity index (χ2v) is 16.3. The summed E-state index contributed by atoms with van der Waals surface area (Å²) in [7, 11) is 0. The fraction of sp³-hybridized carbons (Fsp3) is 0.0122. The minimum Gasteiger partial charge on any atom is -1.00 e. The molecular weight excluding hydrogens is 1220 g/mol. The van der Waals surface area contributed by atoms with Crippen molar-refractivity contribution in [2.24, 2.45) is 0 Å². The smallest absolute Gasteiger partial charge is 1.00 e. The summed E-state index contributed by atoms with van der Waals surface area (Å²) in [5, 5.41) is 32.1. The molecule has 0 saturated carbocycles. The average Bonchev–Trinajstić information content (AvgIpc) is 1.56. The molecule has 0 fully saturated rings. The van der Waals surface area contributed by atoms with Crippen LogP contribution in [0.25, 0.3) is 22.3 Å². The van der Waals surface area contributed by atoms with Crippen molar-refractivity contribution in [2.75, 3.05) is 0 Å². The van der Waals surface area contributed by atoms with Crippen LogP contribution >= 0.6 is 23.2 Å². The fourth-order valence-electron chi connectivity index (χ4n) is 6.77. The van der Waals surface area contributed by atoms with E-state index in [-0.39, 0.29) is 117 Å². The molecule has 1 unspecified atom stereocenters. The van der Waals surface area contributed by atoms with Gasteiger partial charge in [-0.1, -0.05) is 83.4 Å². The molecule has 2 aliphatic rings. The molecule has 0 radical (unpaired) electrons. The van der Waals surface area contributed by atoms with Gasteiger partial charge in [-0.15, -0.1) is 37.3 Å². The van der Waals surface area contributed by atoms with E-state index in [0.717, 1.165) is 44.0 Å². The number of halogens is 3. The summed E-state index contributed by atoms with van der Waals surface area (Å²) in [6, 6.07) is 42.4. The van der Waals surface area contributed by atoms with Gasteiger partial charge in [0, 0.05) is 135 Å². The number of aromatic hydroxyl groups is 2. The molecule has 488 valence electrons. The number of rotatable bonds is 1. The van der Waals surface area contributed by atoms with E-state index in [9.17, 15) is 20.1 Å². The van der Waals surface area contributed by atoms with Crippen molar-refractivity contribution in [1.29, 1.82) is 0 Å². The van der Waals surface area contributed by atoms with Gasteiger partial charge in [-0.3, -0.25) is 4.79 Å². The third-order valence-corrected chi connectivity index (χ3v) is 10.6. The maximum atomic E-state index is 11.9. The molecule has 0 aromatic heterocycles. The molecule has 8 heteroatoms. The molecule has 0 heterocycles. The number of phenolic OH excluding ortho intramolecular Hbond substituents is 2. The Morgan fingerprint density at radius 3 is 0.989 bits per heavy atom. The van der Waals surface area contributed by atoms with Crippen molar-refractivity contribution >= 4 is 52.0 Å². The largest absolute Gasteiger partial charge is 2.00 e. The van der Waals surface area contributed by atoms with Crippen molar-refractivity contribution in [2.45, 2.75) is 5.60 Å². The first-order valence-corrected chi connectivity index (χ1v) is 25.2. The van der Waals surface area contributed by atoms with Gasteiger partial charge in [-0.05, 0) is 260 Å². The predicted octanol–water partition coefficient (Wildman–Crippen LogP) is 16.6. The number of carbonyl (C=O) groups is 1. The molecule has 6 aromatic rings. The van der Waals surface area contributed by atoms with Crippen molar-refractivity contribution in [3.05, 3.63) is 177 Å². The van der Waals surface area contributed by atoms with Crippen LogP contribution in [0, 0.1) is 269 Å². The summed E-state index contributed by atoms with van der Waals surface area (Å²) in [6.07, 6.45) is 19.6. The third-order valence-electron chi connectivity index (χ3n) is 10.1. The van der Waals surface area contributed by atoms with Crippen LogP contribution in [0.5, 0.6) is 11.5 Å². The minimum atomic E-state index is -1.28. The standard InChI is InChI=1S/2C22H2.C19H13ClO2.C13H8O2.C6H4Cl.BrH.Mg.42H2/c2*1-3-5-7-9-11-13-15-17-19-21-22-20-18-16-14-12-10-8-6-4-2;20-13-7-5-12(6-8-13)19(22)17-4-2-1-3-15(17)16-10-9-14(21)11-18(16)19;14-8-5-6-10-9-3-1-2-4-11(9)13(15)12(10)7-8;7-6-4-2-1-3-5-6;;;;;;;;;;;;;;;;;;;;;;;;;;;;;;;;;;;;;;;;;;;;/h2*1-2H;1-11,21-22H;1-7,14H;2-5H;1H;;42*1H/q;;;;-1;;+2;;;;;;;;;;;;;;;;;;;;;;;;;;;;;;;;;;;;;;;;;;/p-1. The Morgan fingerprint density at radius 2 is 0.633 bits per heavy atom. The number of benzene rings is 6. The van der Waals surface area contributed by atoms with Crippen LogP contribution in [0.2, 0.25) is 10.0 Å². The van der Waals surface area contributed by atoms with Crippen LogP contribution in [-0.2, 0) is 5.60 Å². The second-order valence-electron chi connectivity index (χ2n) is 15.4. The van der Waals surface area contributed by atoms with Crippen molar-refractivity contribution in [1.82, 2.24) is 0 Å². The summed E-state index contributed by atoms with van der Waals surface area (Å²) in [4.78, 5) is 11.9. The van der Waals surface area contributed by atoms with Crippen LogP contribution in [0.3, 0.4) is 0 Å². The first kappa shape index (κ1) is 72.8. The summed E-state index contributed by atoms with van der Waals surface area (Å²) in [5.74, 6) is 96.7. The molecule has 4 nitrogen and oxygen atoms in total. The number of terminal acetylenes is 4. The van der Waals surface area contributed by atoms with Crippen LogP contribution < -0.4 is 17.0 Å². The van der Waals surface area contributed by atoms with E-state index in [1.807, 2.05) is 66.7 Å². The molecule has 0 bridgehead atoms. The summed E-state index contributed by atoms with van der Waals surface area (Å²) < 4.78 is 0. The van der Waals surface area contributed by atoms with Gasteiger partial charge in [0.05, 0.1) is 0 Å². The van der Waals surface area contributed by atoms with Gasteiger partial charge in [0.25, 0.3) is 0 Å². The van der Waals surface area contributed by atoms with E-state index in [1.165, 1.54) is 6.07 Å². The number of fused-ring (bicyclic) bond motifs is 6. The molecule has 3 N–H and O–H groups in total. The normalized spacial score (nSPS) is 9.17. The van der Waals surface area contributed by atoms with E-state index in [0.29, 0.717) is 16.1 Å². The Morgan fingerprint density at radius 1 is 0.344 bits per heavy atom. The zero-order valence-corrected chi connectivity index (χ0v) is 51.1. The Bertz CT molecular complexity index is 4930. The van der Waals surface area contributed by atoms with Gasteiger partial charge in [-0.2, -0.15) is 30.3 Å². The van der Waals surface area contributed by atoms with Gasteiger partial charge in [-0.25, -0.2) is 0 Å². The monoisotopic (exact) mass is 1330 g/mol. The van der Waals surface area contributed by atoms with Crippen molar-refractivity contribution < 1.29 is 97.0 Å². The summed E-state index contributed by atoms with van der Waals surface area (Å²) >= 11 is 11.5. The summed E-state index contributed by atoms with van der Waals surface area (Å²) in [6.45, 7) is 0. The third kappa shape index (κ3) is 26.1. The SMILES string of the molecule is C#CC#CC#CC#CC#CC#CC#CC#CC#CC#CC#C.C#CC#CC#CC#CC#CC#CC#CC#CC#CC#CC#C.Clc1cc[c-]cc1.O=C1c2ccccc2-c2ccc(O)cc21.Oc1ccc2c(c1)C(O)(c1ccc(Cl)cc1)c1ccccc1-2.[Br-].[HH].[HH].[HH].[HH].[HH].[HH].[HH].[HH].[HH].[HH].[HH].[HH].[HH].[HH].[HH].[HH].[HH].[HH].[HH].[HH].[HH].[HH].[HH].[HH].[HH].[HH].[HH].[HH].[HH].[HH].[HH].[HH].[HH].[HH].[HH].[HH].[HH].[HH].[HH].[HH].[HH].[HH].[Mg+2]. The topological polar surface area (TPSA) is 77.8 Å². The van der Waals surface area contributed by atoms with Gasteiger partial charge < -0.3 is 32.3 Å². The molecule has 0 saturated heterocycles. The van der Waals surface area contributed by atoms with Crippen LogP contribution in [0.15, 0.2) is 133 Å². The number of hydrogen-bond acceptors (Lipinski definition) is 4. The molecule has 0 spiro atoms. The molecule has 90 heavy (non-hydrogen) atoms. The number of ketones is 1. The quantitative estimate of drug-likeness (QED) is 0.0870. The van der Waals surface area contributed by atoms with Crippen LogP contribution in [0.4, 0.5) is 0 Å². The van der Waals surface area contributed by atoms with E-state index in [1.54, 1.807) is 60.7 Å². The predicted molar refractivity (Wildman–Crippen MR) is 444 cm³/mol. The maximum Gasteiger partial charge on any atom is 2.00 e. The second kappa shape index (κ2) is 44.3. The number of aliphatic hydroxyl groups is 1. The van der Waals surface area contributed by atoms with E-state index in [4.69, 9.17) is 48.9 Å². The summed E-state index contributed by atoms with van der Waals surface area (Å²) in [5.41, 5.74) is 6.05. The Kier molecular flexibility index (Phi) is 35.8. The molecule has 1 atom stereocenters. The molecule has 0 amide bonds. The number of carbonyl (C=O) groups excluding carboxylic acids is 1. The molecule has 2 aliphatic carbocycles. The van der Waals surface area contributed by atoms with Gasteiger partial charge in [0.1, 0.15) is 17.1 Å². The fourth-order valence-corrected chi connectivity index (χ4v) is 7.03. The molecule has 6 aromatic carbocycles. The zero-order chi connectivity index (χ0) is 63.1. The van der Waals surface area contributed by atoms with Crippen LogP contribution in [0.1, 0.15) is 92.5 Å². The number of hydrogen-bond donors (Lipinski definition) is 3. The zero-order valence-electron chi connectivity index (χ0n) is 46.6. The number of phenols is 2. The molecular formula is C82H113BrCl2MgO4. The van der Waals surface area contributed by atoms with E-state index < -0.39 is 5.60 Å². The van der Waals surface area contributed by atoms with Gasteiger partial charge in [0.2, 0.25) is 0 Å². The van der Waals surface area contributed by atoms with E-state index in [2.05, 4.69) is 243 Å².